The maximum atomic E-state index is 10.2. The van der Waals surface area contributed by atoms with Crippen molar-refractivity contribution in [2.45, 2.75) is 49.5 Å². The van der Waals surface area contributed by atoms with E-state index in [1.165, 1.54) is 12.8 Å². The van der Waals surface area contributed by atoms with Gasteiger partial charge in [0.05, 0.1) is 79.3 Å². The van der Waals surface area contributed by atoms with E-state index in [4.69, 9.17) is 42.6 Å². The highest BCUT2D eigenvalue weighted by Gasteiger charge is 2.27. The lowest BCUT2D eigenvalue weighted by Gasteiger charge is -2.20. The molecule has 0 amide bonds. The van der Waals surface area contributed by atoms with Gasteiger partial charge in [-0.05, 0) is 18.8 Å². The van der Waals surface area contributed by atoms with Gasteiger partial charge < -0.3 is 47.7 Å². The fraction of sp³-hybridized carbons (Fsp3) is 1.00. The summed E-state index contributed by atoms with van der Waals surface area (Å²) in [6.07, 6.45) is 1.99. The van der Waals surface area contributed by atoms with Crippen LogP contribution in [-0.2, 0) is 42.6 Å². The Morgan fingerprint density at radius 1 is 0.594 bits per heavy atom. The normalized spacial score (nSPS) is 29.0. The van der Waals surface area contributed by atoms with Crippen LogP contribution < -0.4 is 0 Å². The van der Waals surface area contributed by atoms with Crippen LogP contribution in [0.15, 0.2) is 0 Å². The molecule has 1 N–H and O–H groups in total. The number of rotatable bonds is 22. The molecule has 0 aromatic heterocycles. The van der Waals surface area contributed by atoms with Gasteiger partial charge in [0, 0.05) is 6.61 Å². The highest BCUT2D eigenvalue weighted by Crippen LogP contribution is 2.28. The van der Waals surface area contributed by atoms with Crippen molar-refractivity contribution in [3.8, 4) is 0 Å². The zero-order chi connectivity index (χ0) is 22.0. The third-order valence-corrected chi connectivity index (χ3v) is 5.43. The van der Waals surface area contributed by atoms with Crippen LogP contribution in [0.25, 0.3) is 0 Å². The second kappa shape index (κ2) is 13.5. The molecule has 3 heterocycles. The lowest BCUT2D eigenvalue weighted by Crippen LogP contribution is -2.32. The SMILES string of the molecule is OC(COCC(COCC1CC1)OCC1CO1)COCC(COCC1CO1)OCC1CO1. The Morgan fingerprint density at radius 3 is 1.50 bits per heavy atom. The van der Waals surface area contributed by atoms with E-state index < -0.39 is 6.10 Å². The van der Waals surface area contributed by atoms with Crippen LogP contribution in [0.5, 0.6) is 0 Å². The van der Waals surface area contributed by atoms with Crippen molar-refractivity contribution in [2.24, 2.45) is 5.92 Å². The average Bonchev–Trinajstić information content (AvgIpc) is 3.63. The summed E-state index contributed by atoms with van der Waals surface area (Å²) in [5.74, 6) is 0.708. The van der Waals surface area contributed by atoms with E-state index in [1.807, 2.05) is 0 Å². The third kappa shape index (κ3) is 11.6. The van der Waals surface area contributed by atoms with Gasteiger partial charge in [-0.15, -0.1) is 0 Å². The van der Waals surface area contributed by atoms with E-state index in [0.29, 0.717) is 52.2 Å². The molecule has 4 rings (SSSR count). The van der Waals surface area contributed by atoms with Crippen LogP contribution >= 0.6 is 0 Å². The highest BCUT2D eigenvalue weighted by molar-refractivity contribution is 4.73. The largest absolute Gasteiger partial charge is 0.388 e. The first-order chi connectivity index (χ1) is 15.7. The van der Waals surface area contributed by atoms with Gasteiger partial charge in [0.25, 0.3) is 0 Å². The standard InChI is InChI=1S/C22H38O10/c23-17(4-25-7-18(28-12-21-14-31-21)6-24-3-16-1-2-16)5-26-8-19(29-13-22-15-32-22)9-27-10-20-11-30-20/h16-23H,1-15H2. The topological polar surface area (TPSA) is 113 Å². The molecule has 1 aliphatic carbocycles. The molecular formula is C22H38O10. The zero-order valence-corrected chi connectivity index (χ0v) is 18.8. The molecule has 10 heteroatoms. The van der Waals surface area contributed by atoms with Crippen LogP contribution in [0.1, 0.15) is 12.8 Å². The Labute approximate surface area is 189 Å². The number of epoxide rings is 3. The molecule has 3 saturated heterocycles. The molecule has 10 nitrogen and oxygen atoms in total. The van der Waals surface area contributed by atoms with Crippen LogP contribution in [0, 0.1) is 5.92 Å². The molecule has 4 aliphatic rings. The molecule has 32 heavy (non-hydrogen) atoms. The molecule has 186 valence electrons. The second-order valence-electron chi connectivity index (χ2n) is 9.02. The molecule has 4 fully saturated rings. The van der Waals surface area contributed by atoms with Gasteiger partial charge in [0.2, 0.25) is 0 Å². The molecule has 6 unspecified atom stereocenters. The summed E-state index contributed by atoms with van der Waals surface area (Å²) in [5.41, 5.74) is 0. The molecule has 0 spiro atoms. The van der Waals surface area contributed by atoms with Crippen molar-refractivity contribution in [2.75, 3.05) is 85.9 Å². The lowest BCUT2D eigenvalue weighted by atomic mass is 10.3. The van der Waals surface area contributed by atoms with E-state index in [0.717, 1.165) is 26.4 Å². The highest BCUT2D eigenvalue weighted by atomic mass is 16.6. The Kier molecular flexibility index (Phi) is 10.4. The van der Waals surface area contributed by atoms with Crippen molar-refractivity contribution in [1.29, 1.82) is 0 Å². The Balaban J connectivity index is 1.04. The van der Waals surface area contributed by atoms with E-state index in [-0.39, 0.29) is 43.7 Å². The summed E-state index contributed by atoms with van der Waals surface area (Å²) < 4.78 is 49.8. The summed E-state index contributed by atoms with van der Waals surface area (Å²) in [6.45, 7) is 6.61. The van der Waals surface area contributed by atoms with Gasteiger partial charge in [-0.2, -0.15) is 0 Å². The molecule has 6 atom stereocenters. The third-order valence-electron chi connectivity index (χ3n) is 5.43. The molecule has 1 saturated carbocycles. The van der Waals surface area contributed by atoms with Crippen molar-refractivity contribution < 1.29 is 47.7 Å². The molecule has 0 aromatic carbocycles. The summed E-state index contributed by atoms with van der Waals surface area (Å²) >= 11 is 0. The molecular weight excluding hydrogens is 424 g/mol. The molecule has 3 aliphatic heterocycles. The Morgan fingerprint density at radius 2 is 1.03 bits per heavy atom. The van der Waals surface area contributed by atoms with Crippen LogP contribution in [-0.4, -0.2) is 128 Å². The summed E-state index contributed by atoms with van der Waals surface area (Å²) in [7, 11) is 0. The van der Waals surface area contributed by atoms with Crippen LogP contribution in [0.2, 0.25) is 0 Å². The van der Waals surface area contributed by atoms with Gasteiger partial charge in [-0.3, -0.25) is 0 Å². The number of hydrogen-bond donors (Lipinski definition) is 1. The molecule has 0 radical (unpaired) electrons. The van der Waals surface area contributed by atoms with Gasteiger partial charge in [-0.1, -0.05) is 0 Å². The first-order valence-corrected chi connectivity index (χ1v) is 11.8. The maximum Gasteiger partial charge on any atom is 0.104 e. The van der Waals surface area contributed by atoms with Gasteiger partial charge in [-0.25, -0.2) is 0 Å². The van der Waals surface area contributed by atoms with Crippen LogP contribution in [0.3, 0.4) is 0 Å². The van der Waals surface area contributed by atoms with Crippen molar-refractivity contribution in [1.82, 2.24) is 0 Å². The van der Waals surface area contributed by atoms with E-state index in [1.54, 1.807) is 0 Å². The fourth-order valence-electron chi connectivity index (χ4n) is 2.97. The smallest absolute Gasteiger partial charge is 0.104 e. The summed E-state index contributed by atoms with van der Waals surface area (Å²) in [5, 5.41) is 10.2. The minimum absolute atomic E-state index is 0.158. The zero-order valence-electron chi connectivity index (χ0n) is 18.8. The minimum atomic E-state index is -0.733. The fourth-order valence-corrected chi connectivity index (χ4v) is 2.97. The predicted molar refractivity (Wildman–Crippen MR) is 111 cm³/mol. The number of aliphatic hydroxyl groups excluding tert-OH is 1. The van der Waals surface area contributed by atoms with Gasteiger partial charge >= 0.3 is 0 Å². The van der Waals surface area contributed by atoms with E-state index in [9.17, 15) is 5.11 Å². The number of ether oxygens (including phenoxy) is 9. The Hall–Kier alpha value is -0.400. The Bertz CT molecular complexity index is 463. The maximum absolute atomic E-state index is 10.2. The van der Waals surface area contributed by atoms with E-state index in [2.05, 4.69) is 0 Å². The van der Waals surface area contributed by atoms with Crippen LogP contribution in [0.4, 0.5) is 0 Å². The summed E-state index contributed by atoms with van der Waals surface area (Å²) in [4.78, 5) is 0. The van der Waals surface area contributed by atoms with Crippen molar-refractivity contribution >= 4 is 0 Å². The average molecular weight is 463 g/mol. The van der Waals surface area contributed by atoms with Gasteiger partial charge in [0.15, 0.2) is 0 Å². The monoisotopic (exact) mass is 462 g/mol. The summed E-state index contributed by atoms with van der Waals surface area (Å²) in [6, 6.07) is 0. The number of aliphatic hydroxyl groups is 1. The first-order valence-electron chi connectivity index (χ1n) is 11.8. The molecule has 0 bridgehead atoms. The van der Waals surface area contributed by atoms with Crippen molar-refractivity contribution in [3.05, 3.63) is 0 Å². The second-order valence-corrected chi connectivity index (χ2v) is 9.02. The number of hydrogen-bond acceptors (Lipinski definition) is 10. The predicted octanol–water partition coefficient (Wildman–Crippen LogP) is -0.209. The van der Waals surface area contributed by atoms with E-state index >= 15 is 0 Å². The lowest BCUT2D eigenvalue weighted by molar-refractivity contribution is -0.0970. The quantitative estimate of drug-likeness (QED) is 0.217. The molecule has 0 aromatic rings. The van der Waals surface area contributed by atoms with Gasteiger partial charge in [0.1, 0.15) is 36.6 Å². The minimum Gasteiger partial charge on any atom is -0.388 e. The first kappa shape index (κ1) is 24.7. The van der Waals surface area contributed by atoms with Crippen molar-refractivity contribution in [3.63, 3.8) is 0 Å².